The largest absolute Gasteiger partial charge is 0.459 e. The van der Waals surface area contributed by atoms with Gasteiger partial charge in [0, 0.05) is 5.02 Å². The van der Waals surface area contributed by atoms with Crippen LogP contribution in [0.5, 0.6) is 0 Å². The molecule has 0 radical (unpaired) electrons. The fraction of sp³-hybridized carbons (Fsp3) is 0.500. The van der Waals surface area contributed by atoms with Crippen LogP contribution in [-0.4, -0.2) is 17.6 Å². The molecule has 0 heterocycles. The lowest BCUT2D eigenvalue weighted by Crippen LogP contribution is -2.37. The summed E-state index contributed by atoms with van der Waals surface area (Å²) >= 11 is 5.89. The van der Waals surface area contributed by atoms with E-state index in [2.05, 4.69) is 0 Å². The van der Waals surface area contributed by atoms with Gasteiger partial charge in [-0.3, -0.25) is 4.79 Å². The van der Waals surface area contributed by atoms with Crippen molar-refractivity contribution < 1.29 is 9.53 Å². The van der Waals surface area contributed by atoms with Crippen LogP contribution >= 0.6 is 11.6 Å². The zero-order valence-electron chi connectivity index (χ0n) is 11.1. The minimum atomic E-state index is -0.594. The third-order valence-corrected chi connectivity index (χ3v) is 2.58. The molecule has 2 N–H and O–H groups in total. The van der Waals surface area contributed by atoms with Gasteiger partial charge in [0.1, 0.15) is 11.6 Å². The van der Waals surface area contributed by atoms with Crippen LogP contribution < -0.4 is 5.73 Å². The standard InChI is InChI=1S/C14H20ClNO2/c1-14(2,3)18-13(17)12(16)8-7-10-5-4-6-11(15)9-10/h4-6,9,12H,7-8,16H2,1-3H3. The maximum Gasteiger partial charge on any atom is 0.323 e. The van der Waals surface area contributed by atoms with Crippen molar-refractivity contribution in [3.63, 3.8) is 0 Å². The summed E-state index contributed by atoms with van der Waals surface area (Å²) in [5, 5.41) is 0.693. The second-order valence-electron chi connectivity index (χ2n) is 5.31. The van der Waals surface area contributed by atoms with Crippen molar-refractivity contribution in [1.29, 1.82) is 0 Å². The molecule has 1 atom stereocenters. The lowest BCUT2D eigenvalue weighted by Gasteiger charge is -2.22. The minimum absolute atomic E-state index is 0.357. The number of nitrogens with two attached hydrogens (primary N) is 1. The number of carbonyl (C=O) groups is 1. The monoisotopic (exact) mass is 269 g/mol. The second-order valence-corrected chi connectivity index (χ2v) is 5.74. The SMILES string of the molecule is CC(C)(C)OC(=O)C(N)CCc1cccc(Cl)c1. The quantitative estimate of drug-likeness (QED) is 0.855. The maximum absolute atomic E-state index is 11.7. The van der Waals surface area contributed by atoms with E-state index >= 15 is 0 Å². The molecule has 1 rings (SSSR count). The zero-order chi connectivity index (χ0) is 13.8. The first kappa shape index (κ1) is 15.0. The van der Waals surface area contributed by atoms with E-state index in [4.69, 9.17) is 22.1 Å². The molecule has 0 aromatic heterocycles. The van der Waals surface area contributed by atoms with Crippen molar-refractivity contribution in [3.05, 3.63) is 34.9 Å². The summed E-state index contributed by atoms with van der Waals surface area (Å²) in [5.74, 6) is -0.357. The molecule has 0 aliphatic carbocycles. The van der Waals surface area contributed by atoms with E-state index in [1.807, 2.05) is 45.0 Å². The van der Waals surface area contributed by atoms with Crippen molar-refractivity contribution in [1.82, 2.24) is 0 Å². The fourth-order valence-corrected chi connectivity index (χ4v) is 1.72. The van der Waals surface area contributed by atoms with Crippen molar-refractivity contribution in [2.45, 2.75) is 45.3 Å². The molecule has 0 bridgehead atoms. The lowest BCUT2D eigenvalue weighted by molar-refractivity contribution is -0.156. The molecular weight excluding hydrogens is 250 g/mol. The Bertz CT molecular complexity index is 413. The van der Waals surface area contributed by atoms with E-state index in [0.717, 1.165) is 5.56 Å². The fourth-order valence-electron chi connectivity index (χ4n) is 1.51. The smallest absolute Gasteiger partial charge is 0.323 e. The van der Waals surface area contributed by atoms with Crippen molar-refractivity contribution in [3.8, 4) is 0 Å². The van der Waals surface area contributed by atoms with E-state index in [1.165, 1.54) is 0 Å². The Morgan fingerprint density at radius 2 is 2.11 bits per heavy atom. The van der Waals surface area contributed by atoms with Crippen LogP contribution in [0.2, 0.25) is 5.02 Å². The van der Waals surface area contributed by atoms with E-state index in [9.17, 15) is 4.79 Å². The maximum atomic E-state index is 11.7. The average molecular weight is 270 g/mol. The van der Waals surface area contributed by atoms with Crippen LogP contribution in [-0.2, 0) is 16.0 Å². The topological polar surface area (TPSA) is 52.3 Å². The van der Waals surface area contributed by atoms with Gasteiger partial charge in [0.25, 0.3) is 0 Å². The van der Waals surface area contributed by atoms with Gasteiger partial charge in [-0.1, -0.05) is 23.7 Å². The molecule has 1 aromatic rings. The van der Waals surface area contributed by atoms with Gasteiger partial charge in [0.2, 0.25) is 0 Å². The molecule has 100 valence electrons. The molecule has 0 saturated carbocycles. The summed E-state index contributed by atoms with van der Waals surface area (Å²) in [6.07, 6.45) is 1.26. The predicted molar refractivity (Wildman–Crippen MR) is 73.6 cm³/mol. The molecule has 1 aromatic carbocycles. The van der Waals surface area contributed by atoms with Crippen molar-refractivity contribution in [2.75, 3.05) is 0 Å². The summed E-state index contributed by atoms with van der Waals surface area (Å²) in [5.41, 5.74) is 6.38. The van der Waals surface area contributed by atoms with Gasteiger partial charge in [0.05, 0.1) is 0 Å². The van der Waals surface area contributed by atoms with Crippen molar-refractivity contribution in [2.24, 2.45) is 5.73 Å². The lowest BCUT2D eigenvalue weighted by atomic mass is 10.1. The summed E-state index contributed by atoms with van der Waals surface area (Å²) in [6, 6.07) is 6.95. The summed E-state index contributed by atoms with van der Waals surface area (Å²) in [7, 11) is 0. The van der Waals surface area contributed by atoms with Gasteiger partial charge in [-0.15, -0.1) is 0 Å². The Hall–Kier alpha value is -1.06. The van der Waals surface area contributed by atoms with Crippen LogP contribution in [0.4, 0.5) is 0 Å². The Balaban J connectivity index is 2.46. The van der Waals surface area contributed by atoms with Gasteiger partial charge in [-0.2, -0.15) is 0 Å². The van der Waals surface area contributed by atoms with E-state index in [1.54, 1.807) is 0 Å². The molecule has 0 saturated heterocycles. The Kier molecular flexibility index (Phi) is 5.17. The Labute approximate surface area is 113 Å². The first-order valence-electron chi connectivity index (χ1n) is 6.01. The number of benzene rings is 1. The molecule has 0 aliphatic rings. The van der Waals surface area contributed by atoms with Gasteiger partial charge >= 0.3 is 5.97 Å². The Morgan fingerprint density at radius 3 is 2.67 bits per heavy atom. The van der Waals surface area contributed by atoms with Crippen LogP contribution in [0.3, 0.4) is 0 Å². The first-order chi connectivity index (χ1) is 8.28. The summed E-state index contributed by atoms with van der Waals surface area (Å²) in [4.78, 5) is 11.7. The third kappa shape index (κ3) is 5.52. The molecule has 1 unspecified atom stereocenters. The average Bonchev–Trinajstić information content (AvgIpc) is 2.23. The van der Waals surface area contributed by atoms with Gasteiger partial charge in [-0.05, 0) is 51.3 Å². The number of carbonyl (C=O) groups excluding carboxylic acids is 1. The van der Waals surface area contributed by atoms with Crippen LogP contribution in [0, 0.1) is 0 Å². The van der Waals surface area contributed by atoms with Gasteiger partial charge in [-0.25, -0.2) is 0 Å². The molecule has 3 nitrogen and oxygen atoms in total. The van der Waals surface area contributed by atoms with Gasteiger partial charge in [0.15, 0.2) is 0 Å². The summed E-state index contributed by atoms with van der Waals surface area (Å²) in [6.45, 7) is 5.48. The molecule has 0 amide bonds. The molecule has 0 aliphatic heterocycles. The zero-order valence-corrected chi connectivity index (χ0v) is 11.8. The van der Waals surface area contributed by atoms with Gasteiger partial charge < -0.3 is 10.5 Å². The molecule has 0 fully saturated rings. The van der Waals surface area contributed by atoms with Crippen molar-refractivity contribution >= 4 is 17.6 Å². The highest BCUT2D eigenvalue weighted by atomic mass is 35.5. The number of aryl methyl sites for hydroxylation is 1. The summed E-state index contributed by atoms with van der Waals surface area (Å²) < 4.78 is 5.22. The number of hydrogen-bond donors (Lipinski definition) is 1. The molecule has 4 heteroatoms. The number of hydrogen-bond acceptors (Lipinski definition) is 3. The number of esters is 1. The van der Waals surface area contributed by atoms with E-state index in [-0.39, 0.29) is 5.97 Å². The number of rotatable bonds is 4. The minimum Gasteiger partial charge on any atom is -0.459 e. The molecule has 18 heavy (non-hydrogen) atoms. The predicted octanol–water partition coefficient (Wildman–Crippen LogP) is 2.94. The Morgan fingerprint density at radius 1 is 1.44 bits per heavy atom. The van der Waals surface area contributed by atoms with Crippen LogP contribution in [0.25, 0.3) is 0 Å². The normalized spacial score (nSPS) is 13.2. The highest BCUT2D eigenvalue weighted by molar-refractivity contribution is 6.30. The third-order valence-electron chi connectivity index (χ3n) is 2.34. The number of ether oxygens (including phenoxy) is 1. The highest BCUT2D eigenvalue weighted by Crippen LogP contribution is 2.14. The van der Waals surface area contributed by atoms with Crippen LogP contribution in [0.1, 0.15) is 32.8 Å². The molecular formula is C14H20ClNO2. The van der Waals surface area contributed by atoms with E-state index < -0.39 is 11.6 Å². The highest BCUT2D eigenvalue weighted by Gasteiger charge is 2.21. The first-order valence-corrected chi connectivity index (χ1v) is 6.38. The van der Waals surface area contributed by atoms with E-state index in [0.29, 0.717) is 17.9 Å². The molecule has 0 spiro atoms. The second kappa shape index (κ2) is 6.21. The number of halogens is 1. The van der Waals surface area contributed by atoms with Crippen LogP contribution in [0.15, 0.2) is 24.3 Å².